The fourth-order valence-corrected chi connectivity index (χ4v) is 5.09. The summed E-state index contributed by atoms with van der Waals surface area (Å²) in [5.41, 5.74) is 6.52. The summed E-state index contributed by atoms with van der Waals surface area (Å²) in [6.45, 7) is 4.18. The summed E-state index contributed by atoms with van der Waals surface area (Å²) in [5, 5.41) is 4.72. The van der Waals surface area contributed by atoms with E-state index in [0.717, 1.165) is 17.0 Å². The molecule has 4 aromatic rings. The highest BCUT2D eigenvalue weighted by atomic mass is 32.1. The molecule has 3 nitrogen and oxygen atoms in total. The van der Waals surface area contributed by atoms with E-state index in [4.69, 9.17) is 17.0 Å². The van der Waals surface area contributed by atoms with Crippen LogP contribution in [0.25, 0.3) is 33.3 Å². The van der Waals surface area contributed by atoms with Gasteiger partial charge in [0.25, 0.3) is 0 Å². The third-order valence-corrected chi connectivity index (χ3v) is 6.67. The predicted octanol–water partition coefficient (Wildman–Crippen LogP) is 5.72. The molecule has 0 bridgehead atoms. The van der Waals surface area contributed by atoms with E-state index in [2.05, 4.69) is 95.8 Å². The summed E-state index contributed by atoms with van der Waals surface area (Å²) in [7, 11) is 2.15. The third-order valence-electron chi connectivity index (χ3n) is 6.34. The number of benzene rings is 3. The number of hydrogen-bond acceptors (Lipinski definition) is 3. The first-order valence-corrected chi connectivity index (χ1v) is 11.1. The number of thiocarbonyl (C=S) groups is 1. The first-order valence-electron chi connectivity index (χ1n) is 10.7. The molecule has 1 aromatic heterocycles. The van der Waals surface area contributed by atoms with Crippen LogP contribution in [-0.2, 0) is 17.4 Å². The van der Waals surface area contributed by atoms with Gasteiger partial charge in [0.1, 0.15) is 5.60 Å². The largest absolute Gasteiger partial charge is 0.362 e. The fraction of sp³-hybridized carbons (Fsp3) is 0.222. The Balaban J connectivity index is 1.92. The van der Waals surface area contributed by atoms with Crippen molar-refractivity contribution in [2.75, 3.05) is 19.7 Å². The second-order valence-electron chi connectivity index (χ2n) is 8.12. The first kappa shape index (κ1) is 20.1. The van der Waals surface area contributed by atoms with Gasteiger partial charge in [-0.2, -0.15) is 0 Å². The lowest BCUT2D eigenvalue weighted by molar-refractivity contribution is -0.0168. The Morgan fingerprint density at radius 1 is 0.935 bits per heavy atom. The topological polar surface area (TPSA) is 26.2 Å². The Labute approximate surface area is 188 Å². The average molecular weight is 427 g/mol. The number of fused-ring (bicyclic) bond motifs is 1. The Kier molecular flexibility index (Phi) is 5.22. The number of nitrogens with zero attached hydrogens (tertiary/aromatic N) is 1. The van der Waals surface area contributed by atoms with Gasteiger partial charge in [0.15, 0.2) is 0 Å². The monoisotopic (exact) mass is 426 g/mol. The van der Waals surface area contributed by atoms with Crippen molar-refractivity contribution in [2.45, 2.75) is 12.5 Å². The van der Waals surface area contributed by atoms with E-state index in [-0.39, 0.29) is 0 Å². The van der Waals surface area contributed by atoms with E-state index in [1.807, 2.05) is 6.92 Å². The molecule has 1 atom stereocenters. The maximum atomic E-state index is 6.45. The molecule has 2 heterocycles. The van der Waals surface area contributed by atoms with Crippen LogP contribution in [0.15, 0.2) is 78.9 Å². The highest BCUT2D eigenvalue weighted by Gasteiger charge is 2.40. The van der Waals surface area contributed by atoms with Crippen LogP contribution >= 0.6 is 12.2 Å². The summed E-state index contributed by atoms with van der Waals surface area (Å²) in [5.74, 6) is 0. The van der Waals surface area contributed by atoms with Crippen molar-refractivity contribution in [3.63, 3.8) is 0 Å². The Hall–Kier alpha value is -2.79. The molecule has 1 aliphatic rings. The highest BCUT2D eigenvalue weighted by Crippen LogP contribution is 2.45. The molecule has 31 heavy (non-hydrogen) atoms. The Morgan fingerprint density at radius 3 is 2.23 bits per heavy atom. The molecule has 1 fully saturated rings. The van der Waals surface area contributed by atoms with Gasteiger partial charge in [-0.1, -0.05) is 85.0 Å². The van der Waals surface area contributed by atoms with Gasteiger partial charge in [-0.05, 0) is 24.1 Å². The maximum absolute atomic E-state index is 6.45. The van der Waals surface area contributed by atoms with Gasteiger partial charge in [0, 0.05) is 47.0 Å². The lowest BCUT2D eigenvalue weighted by atomic mass is 9.84. The lowest BCUT2D eigenvalue weighted by Gasteiger charge is -2.38. The second kappa shape index (κ2) is 8.04. The van der Waals surface area contributed by atoms with Crippen LogP contribution in [-0.4, -0.2) is 29.1 Å². The molecule has 3 aromatic carbocycles. The SMILES string of the molecule is CC(=S)C1(c2cccc3c2c(-c2ccccc2)c(-c2ccccc2)n3C)CNCCO1. The van der Waals surface area contributed by atoms with Crippen molar-refractivity contribution in [1.29, 1.82) is 0 Å². The molecule has 156 valence electrons. The zero-order valence-electron chi connectivity index (χ0n) is 17.9. The summed E-state index contributed by atoms with van der Waals surface area (Å²) in [6, 6.07) is 27.8. The zero-order valence-corrected chi connectivity index (χ0v) is 18.7. The number of aromatic nitrogens is 1. The van der Waals surface area contributed by atoms with Crippen LogP contribution in [0.5, 0.6) is 0 Å². The molecule has 0 aliphatic carbocycles. The maximum Gasteiger partial charge on any atom is 0.137 e. The van der Waals surface area contributed by atoms with Gasteiger partial charge in [0.05, 0.1) is 12.3 Å². The molecule has 1 N–H and O–H groups in total. The van der Waals surface area contributed by atoms with Crippen LogP contribution in [0.2, 0.25) is 0 Å². The standard InChI is InChI=1S/C27H26N2OS/c1-19(31)27(18-28-16-17-30-27)22-14-9-15-23-25(22)24(20-10-5-3-6-11-20)26(29(23)2)21-12-7-4-8-13-21/h3-15,28H,16-18H2,1-2H3. The molecule has 5 rings (SSSR count). The molecule has 0 amide bonds. The van der Waals surface area contributed by atoms with E-state index in [1.165, 1.54) is 33.3 Å². The summed E-state index contributed by atoms with van der Waals surface area (Å²) >= 11 is 5.79. The van der Waals surface area contributed by atoms with E-state index in [0.29, 0.717) is 13.2 Å². The molecule has 4 heteroatoms. The average Bonchev–Trinajstić information content (AvgIpc) is 3.13. The number of hydrogen-bond donors (Lipinski definition) is 1. The van der Waals surface area contributed by atoms with Crippen LogP contribution in [0.3, 0.4) is 0 Å². The molecule has 0 spiro atoms. The minimum Gasteiger partial charge on any atom is -0.362 e. The predicted molar refractivity (Wildman–Crippen MR) is 133 cm³/mol. The van der Waals surface area contributed by atoms with Gasteiger partial charge in [-0.25, -0.2) is 0 Å². The van der Waals surface area contributed by atoms with Crippen LogP contribution in [0.4, 0.5) is 0 Å². The minimum atomic E-state index is -0.619. The van der Waals surface area contributed by atoms with Gasteiger partial charge in [0.2, 0.25) is 0 Å². The normalized spacial score (nSPS) is 18.9. The molecular weight excluding hydrogens is 400 g/mol. The molecule has 1 saturated heterocycles. The van der Waals surface area contributed by atoms with E-state index < -0.39 is 5.60 Å². The first-order chi connectivity index (χ1) is 15.1. The number of nitrogens with one attached hydrogen (secondary N) is 1. The van der Waals surface area contributed by atoms with Crippen molar-refractivity contribution >= 4 is 28.0 Å². The smallest absolute Gasteiger partial charge is 0.137 e. The van der Waals surface area contributed by atoms with E-state index in [9.17, 15) is 0 Å². The van der Waals surface area contributed by atoms with Crippen LogP contribution in [0.1, 0.15) is 12.5 Å². The highest BCUT2D eigenvalue weighted by molar-refractivity contribution is 7.80. The van der Waals surface area contributed by atoms with E-state index >= 15 is 0 Å². The minimum absolute atomic E-state index is 0.619. The summed E-state index contributed by atoms with van der Waals surface area (Å²) in [6.07, 6.45) is 0. The number of morpholine rings is 1. The molecular formula is C27H26N2OS. The molecule has 1 unspecified atom stereocenters. The van der Waals surface area contributed by atoms with Gasteiger partial charge < -0.3 is 14.6 Å². The molecule has 1 aliphatic heterocycles. The number of ether oxygens (including phenoxy) is 1. The van der Waals surface area contributed by atoms with Crippen LogP contribution < -0.4 is 5.32 Å². The fourth-order valence-electron chi connectivity index (χ4n) is 4.85. The number of aryl methyl sites for hydroxylation is 1. The second-order valence-corrected chi connectivity index (χ2v) is 8.74. The Bertz CT molecular complexity index is 1240. The van der Waals surface area contributed by atoms with Crippen molar-refractivity contribution in [3.8, 4) is 22.4 Å². The Morgan fingerprint density at radius 2 is 1.61 bits per heavy atom. The van der Waals surface area contributed by atoms with Crippen molar-refractivity contribution in [3.05, 3.63) is 84.4 Å². The van der Waals surface area contributed by atoms with Crippen molar-refractivity contribution < 1.29 is 4.74 Å². The lowest BCUT2D eigenvalue weighted by Crippen LogP contribution is -2.51. The van der Waals surface area contributed by atoms with Gasteiger partial charge in [-0.3, -0.25) is 0 Å². The summed E-state index contributed by atoms with van der Waals surface area (Å²) in [4.78, 5) is 0.858. The molecule has 0 saturated carbocycles. The van der Waals surface area contributed by atoms with Gasteiger partial charge >= 0.3 is 0 Å². The van der Waals surface area contributed by atoms with Gasteiger partial charge in [-0.15, -0.1) is 0 Å². The number of rotatable bonds is 4. The quantitative estimate of drug-likeness (QED) is 0.423. The molecule has 0 radical (unpaired) electrons. The van der Waals surface area contributed by atoms with E-state index in [1.54, 1.807) is 0 Å². The van der Waals surface area contributed by atoms with Crippen molar-refractivity contribution in [1.82, 2.24) is 9.88 Å². The van der Waals surface area contributed by atoms with Crippen molar-refractivity contribution in [2.24, 2.45) is 7.05 Å². The zero-order chi connectivity index (χ0) is 21.4. The summed E-state index contributed by atoms with van der Waals surface area (Å²) < 4.78 is 8.76. The third kappa shape index (κ3) is 3.23. The van der Waals surface area contributed by atoms with Crippen LogP contribution in [0, 0.1) is 0 Å².